The fourth-order valence-electron chi connectivity index (χ4n) is 3.25. The number of halogens is 2. The molecule has 2 aromatic heterocycles. The van der Waals surface area contributed by atoms with Crippen molar-refractivity contribution in [2.45, 2.75) is 20.4 Å². The van der Waals surface area contributed by atoms with Crippen LogP contribution >= 0.6 is 11.3 Å². The van der Waals surface area contributed by atoms with Gasteiger partial charge in [0.25, 0.3) is 0 Å². The number of nitrogens with zero attached hydrogens (tertiary/aromatic N) is 2. The number of fused-ring (bicyclic) bond motifs is 2. The minimum absolute atomic E-state index is 0.00745. The van der Waals surface area contributed by atoms with Crippen molar-refractivity contribution in [1.82, 2.24) is 4.57 Å². The lowest BCUT2D eigenvalue weighted by Gasteiger charge is -2.05. The van der Waals surface area contributed by atoms with Crippen LogP contribution < -0.4 is 9.54 Å². The van der Waals surface area contributed by atoms with Gasteiger partial charge in [0, 0.05) is 11.5 Å². The third kappa shape index (κ3) is 4.13. The zero-order valence-electron chi connectivity index (χ0n) is 17.2. The maximum atomic E-state index is 14.5. The van der Waals surface area contributed by atoms with Crippen molar-refractivity contribution in [2.24, 2.45) is 4.99 Å². The number of ether oxygens (including phenoxy) is 2. The highest BCUT2D eigenvalue weighted by Gasteiger charge is 2.19. The highest BCUT2D eigenvalue weighted by atomic mass is 32.1. The number of thiazole rings is 1. The maximum absolute atomic E-state index is 14.5. The van der Waals surface area contributed by atoms with Crippen LogP contribution in [0, 0.1) is 11.6 Å². The number of rotatable bonds is 6. The van der Waals surface area contributed by atoms with E-state index >= 15 is 0 Å². The van der Waals surface area contributed by atoms with Crippen molar-refractivity contribution >= 4 is 44.4 Å². The number of carbonyl (C=O) groups excluding carboxylic acids is 2. The standard InChI is InChI=1S/C22H18F2N2O5S/c1-3-29-15-7-5-6-12-8-16(31-20(12)15)21(28)25-22-26(11-18(27)30-4-2)19-14(24)9-13(23)10-17(19)32-22/h5-10H,3-4,11H2,1-2H3. The molecule has 0 N–H and O–H groups in total. The van der Waals surface area contributed by atoms with Crippen LogP contribution in [0.4, 0.5) is 8.78 Å². The average molecular weight is 460 g/mol. The summed E-state index contributed by atoms with van der Waals surface area (Å²) in [6.07, 6.45) is 0. The van der Waals surface area contributed by atoms with Crippen molar-refractivity contribution in [2.75, 3.05) is 13.2 Å². The predicted molar refractivity (Wildman–Crippen MR) is 114 cm³/mol. The molecule has 32 heavy (non-hydrogen) atoms. The number of aromatic nitrogens is 1. The summed E-state index contributed by atoms with van der Waals surface area (Å²) in [5.41, 5.74) is 0.357. The van der Waals surface area contributed by atoms with E-state index in [2.05, 4.69) is 4.99 Å². The monoisotopic (exact) mass is 460 g/mol. The molecule has 2 heterocycles. The Labute approximate surface area is 184 Å². The van der Waals surface area contributed by atoms with Gasteiger partial charge in [0.15, 0.2) is 27.7 Å². The second kappa shape index (κ2) is 8.91. The molecule has 0 aliphatic heterocycles. The van der Waals surface area contributed by atoms with Gasteiger partial charge < -0.3 is 18.5 Å². The Morgan fingerprint density at radius 3 is 2.72 bits per heavy atom. The molecular formula is C22H18F2N2O5S. The summed E-state index contributed by atoms with van der Waals surface area (Å²) < 4.78 is 45.7. The summed E-state index contributed by atoms with van der Waals surface area (Å²) in [6, 6.07) is 8.59. The summed E-state index contributed by atoms with van der Waals surface area (Å²) in [6.45, 7) is 3.62. The fourth-order valence-corrected chi connectivity index (χ4v) is 4.32. The molecule has 2 aromatic carbocycles. The van der Waals surface area contributed by atoms with Crippen molar-refractivity contribution in [3.8, 4) is 5.75 Å². The number of amides is 1. The van der Waals surface area contributed by atoms with Crippen molar-refractivity contribution in [3.05, 3.63) is 58.6 Å². The highest BCUT2D eigenvalue weighted by Crippen LogP contribution is 2.29. The Bertz CT molecular complexity index is 1400. The van der Waals surface area contributed by atoms with Crippen LogP contribution in [0.15, 0.2) is 45.8 Å². The predicted octanol–water partition coefficient (Wildman–Crippen LogP) is 4.43. The molecule has 0 aliphatic rings. The van der Waals surface area contributed by atoms with Gasteiger partial charge in [0.05, 0.1) is 23.4 Å². The molecule has 0 radical (unpaired) electrons. The van der Waals surface area contributed by atoms with Crippen molar-refractivity contribution in [3.63, 3.8) is 0 Å². The molecule has 4 rings (SSSR count). The van der Waals surface area contributed by atoms with Gasteiger partial charge in [-0.3, -0.25) is 9.59 Å². The number of benzene rings is 2. The first-order valence-corrected chi connectivity index (χ1v) is 10.6. The summed E-state index contributed by atoms with van der Waals surface area (Å²) in [5, 5.41) is 0.651. The number of esters is 1. The Morgan fingerprint density at radius 2 is 1.97 bits per heavy atom. The zero-order chi connectivity index (χ0) is 22.8. The quantitative estimate of drug-likeness (QED) is 0.398. The molecule has 10 heteroatoms. The zero-order valence-corrected chi connectivity index (χ0v) is 18.0. The first kappa shape index (κ1) is 21.7. The summed E-state index contributed by atoms with van der Waals surface area (Å²) >= 11 is 0.875. The summed E-state index contributed by atoms with van der Waals surface area (Å²) in [7, 11) is 0. The van der Waals surface area contributed by atoms with Gasteiger partial charge in [-0.1, -0.05) is 23.5 Å². The lowest BCUT2D eigenvalue weighted by molar-refractivity contribution is -0.143. The molecule has 0 unspecified atom stereocenters. The van der Waals surface area contributed by atoms with E-state index in [1.54, 1.807) is 25.1 Å². The summed E-state index contributed by atoms with van der Waals surface area (Å²) in [5.74, 6) is -2.61. The third-order valence-electron chi connectivity index (χ3n) is 4.50. The second-order valence-corrected chi connectivity index (χ2v) is 7.65. The Balaban J connectivity index is 1.83. The fraction of sp³-hybridized carbons (Fsp3) is 0.227. The molecule has 7 nitrogen and oxygen atoms in total. The SMILES string of the molecule is CCOC(=O)Cn1c(=NC(=O)c2cc3cccc(OCC)c3o2)sc2cc(F)cc(F)c21. The second-order valence-electron chi connectivity index (χ2n) is 6.65. The number of hydrogen-bond acceptors (Lipinski definition) is 6. The molecule has 4 aromatic rings. The largest absolute Gasteiger partial charge is 0.490 e. The van der Waals surface area contributed by atoms with Crippen LogP contribution in [-0.2, 0) is 16.1 Å². The van der Waals surface area contributed by atoms with Gasteiger partial charge in [0.2, 0.25) is 0 Å². The van der Waals surface area contributed by atoms with Crippen LogP contribution in [-0.4, -0.2) is 29.7 Å². The molecule has 0 atom stereocenters. The Morgan fingerprint density at radius 1 is 1.16 bits per heavy atom. The number of carbonyl (C=O) groups is 2. The van der Waals surface area contributed by atoms with E-state index in [4.69, 9.17) is 13.9 Å². The van der Waals surface area contributed by atoms with Crippen LogP contribution in [0.1, 0.15) is 24.4 Å². The van der Waals surface area contributed by atoms with Crippen molar-refractivity contribution < 1.29 is 32.3 Å². The molecule has 0 spiro atoms. The van der Waals surface area contributed by atoms with E-state index in [1.807, 2.05) is 6.92 Å². The maximum Gasteiger partial charge on any atom is 0.326 e. The molecule has 0 fully saturated rings. The smallest absolute Gasteiger partial charge is 0.326 e. The molecule has 166 valence electrons. The Hall–Kier alpha value is -3.53. The van der Waals surface area contributed by atoms with Crippen LogP contribution in [0.3, 0.4) is 0 Å². The molecule has 0 saturated heterocycles. The average Bonchev–Trinajstić information content (AvgIpc) is 3.31. The minimum atomic E-state index is -0.875. The number of para-hydroxylation sites is 1. The molecule has 0 saturated carbocycles. The third-order valence-corrected chi connectivity index (χ3v) is 5.53. The van der Waals surface area contributed by atoms with Gasteiger partial charge >= 0.3 is 11.9 Å². The topological polar surface area (TPSA) is 83.0 Å². The molecule has 0 aliphatic carbocycles. The van der Waals surface area contributed by atoms with Gasteiger partial charge in [-0.2, -0.15) is 4.99 Å². The van der Waals surface area contributed by atoms with Crippen LogP contribution in [0.2, 0.25) is 0 Å². The van der Waals surface area contributed by atoms with Gasteiger partial charge in [0.1, 0.15) is 12.4 Å². The van der Waals surface area contributed by atoms with Crippen LogP contribution in [0.25, 0.3) is 21.2 Å². The van der Waals surface area contributed by atoms with E-state index in [-0.39, 0.29) is 27.4 Å². The first-order chi connectivity index (χ1) is 15.4. The lowest BCUT2D eigenvalue weighted by atomic mass is 10.2. The van der Waals surface area contributed by atoms with Crippen molar-refractivity contribution in [1.29, 1.82) is 0 Å². The van der Waals surface area contributed by atoms with E-state index in [0.29, 0.717) is 29.4 Å². The highest BCUT2D eigenvalue weighted by molar-refractivity contribution is 7.16. The number of furan rings is 1. The van der Waals surface area contributed by atoms with E-state index in [1.165, 1.54) is 10.6 Å². The first-order valence-electron chi connectivity index (χ1n) is 9.79. The van der Waals surface area contributed by atoms with E-state index in [9.17, 15) is 18.4 Å². The minimum Gasteiger partial charge on any atom is -0.490 e. The lowest BCUT2D eigenvalue weighted by Crippen LogP contribution is -2.23. The molecular weight excluding hydrogens is 442 g/mol. The molecule has 0 bridgehead atoms. The van der Waals surface area contributed by atoms with E-state index < -0.39 is 30.1 Å². The van der Waals surface area contributed by atoms with Gasteiger partial charge in [-0.15, -0.1) is 0 Å². The normalized spacial score (nSPS) is 11.9. The van der Waals surface area contributed by atoms with E-state index in [0.717, 1.165) is 17.4 Å². The van der Waals surface area contributed by atoms with Crippen LogP contribution in [0.5, 0.6) is 5.75 Å². The Kier molecular flexibility index (Phi) is 6.04. The van der Waals surface area contributed by atoms with Gasteiger partial charge in [-0.25, -0.2) is 8.78 Å². The number of hydrogen-bond donors (Lipinski definition) is 0. The summed E-state index contributed by atoms with van der Waals surface area (Å²) in [4.78, 5) is 29.0. The van der Waals surface area contributed by atoms with Gasteiger partial charge in [-0.05, 0) is 32.0 Å². The molecule has 1 amide bonds.